The van der Waals surface area contributed by atoms with Crippen molar-refractivity contribution in [3.63, 3.8) is 0 Å². The zero-order valence-electron chi connectivity index (χ0n) is 18.1. The number of nitrogens with two attached hydrogens (primary N) is 1. The molecule has 1 aliphatic rings. The number of ether oxygens (including phenoxy) is 2. The number of nitrogens with zero attached hydrogens (tertiary/aromatic N) is 4. The number of anilines is 1. The molecule has 1 fully saturated rings. The van der Waals surface area contributed by atoms with Crippen LogP contribution in [0.15, 0.2) is 30.6 Å². The Balaban J connectivity index is 1.80. The predicted molar refractivity (Wildman–Crippen MR) is 120 cm³/mol. The minimum atomic E-state index is -0.545. The van der Waals surface area contributed by atoms with Crippen LogP contribution in [0, 0.1) is 0 Å². The van der Waals surface area contributed by atoms with E-state index in [1.165, 1.54) is 6.33 Å². The van der Waals surface area contributed by atoms with Gasteiger partial charge >= 0.3 is 6.09 Å². The van der Waals surface area contributed by atoms with Crippen molar-refractivity contribution in [1.82, 2.24) is 19.4 Å². The number of carbonyl (C=O) groups excluding carboxylic acids is 1. The first kappa shape index (κ1) is 21.2. The number of methoxy groups -OCH3 is 1. The van der Waals surface area contributed by atoms with Crippen molar-refractivity contribution in [2.24, 2.45) is 0 Å². The van der Waals surface area contributed by atoms with E-state index in [9.17, 15) is 4.79 Å². The van der Waals surface area contributed by atoms with E-state index in [-0.39, 0.29) is 12.1 Å². The number of nitrogen functional groups attached to an aromatic ring is 1. The van der Waals surface area contributed by atoms with Crippen LogP contribution >= 0.6 is 11.6 Å². The molecule has 2 N–H and O–H groups in total. The molecule has 0 bridgehead atoms. The molecule has 0 spiro atoms. The molecule has 0 saturated carbocycles. The fourth-order valence-electron chi connectivity index (χ4n) is 4.00. The summed E-state index contributed by atoms with van der Waals surface area (Å²) >= 11 is 6.09. The van der Waals surface area contributed by atoms with Crippen molar-refractivity contribution >= 4 is 34.5 Å². The molecule has 0 aliphatic carbocycles. The van der Waals surface area contributed by atoms with Gasteiger partial charge in [-0.05, 0) is 44.9 Å². The first-order valence-electron chi connectivity index (χ1n) is 10.1. The molecule has 3 heterocycles. The summed E-state index contributed by atoms with van der Waals surface area (Å²) in [5.41, 5.74) is 8.11. The van der Waals surface area contributed by atoms with E-state index in [4.69, 9.17) is 26.8 Å². The lowest BCUT2D eigenvalue weighted by atomic mass is 10.1. The fourth-order valence-corrected chi connectivity index (χ4v) is 4.13. The van der Waals surface area contributed by atoms with Crippen LogP contribution in [0.2, 0.25) is 5.02 Å². The average molecular weight is 444 g/mol. The summed E-state index contributed by atoms with van der Waals surface area (Å²) in [6, 6.07) is 7.43. The van der Waals surface area contributed by atoms with Crippen molar-refractivity contribution in [2.45, 2.75) is 38.8 Å². The van der Waals surface area contributed by atoms with Gasteiger partial charge in [-0.2, -0.15) is 0 Å². The van der Waals surface area contributed by atoms with Crippen LogP contribution in [-0.2, 0) is 4.74 Å². The highest BCUT2D eigenvalue weighted by Crippen LogP contribution is 2.44. The van der Waals surface area contributed by atoms with Crippen molar-refractivity contribution in [1.29, 1.82) is 0 Å². The minimum Gasteiger partial charge on any atom is -0.482 e. The second kappa shape index (κ2) is 7.92. The molecule has 4 rings (SSSR count). The fraction of sp³-hybridized carbons (Fsp3) is 0.409. The molecule has 0 unspecified atom stereocenters. The summed E-state index contributed by atoms with van der Waals surface area (Å²) in [7, 11) is 1.62. The van der Waals surface area contributed by atoms with Gasteiger partial charge in [0.15, 0.2) is 0 Å². The molecule has 31 heavy (non-hydrogen) atoms. The van der Waals surface area contributed by atoms with Crippen molar-refractivity contribution in [3.05, 3.63) is 35.6 Å². The largest absolute Gasteiger partial charge is 0.482 e. The van der Waals surface area contributed by atoms with Gasteiger partial charge in [0.1, 0.15) is 23.4 Å². The molecule has 1 aliphatic heterocycles. The number of hydrogen-bond donors (Lipinski definition) is 1. The summed E-state index contributed by atoms with van der Waals surface area (Å²) in [5.74, 6) is 0.995. The molecular formula is C22H26ClN5O3. The number of benzene rings is 1. The number of carbonyl (C=O) groups is 1. The summed E-state index contributed by atoms with van der Waals surface area (Å²) in [5, 5.41) is 1.36. The van der Waals surface area contributed by atoms with Crippen LogP contribution in [0.25, 0.3) is 22.2 Å². The number of likely N-dealkylation sites (tertiary alicyclic amines) is 1. The maximum atomic E-state index is 12.6. The van der Waals surface area contributed by atoms with Crippen LogP contribution < -0.4 is 10.5 Å². The van der Waals surface area contributed by atoms with Gasteiger partial charge in [0.25, 0.3) is 0 Å². The lowest BCUT2D eigenvalue weighted by molar-refractivity contribution is 0.0289. The van der Waals surface area contributed by atoms with Gasteiger partial charge in [-0.1, -0.05) is 23.7 Å². The van der Waals surface area contributed by atoms with E-state index in [1.807, 2.05) is 49.6 Å². The van der Waals surface area contributed by atoms with E-state index in [0.717, 1.165) is 22.9 Å². The molecule has 1 atom stereocenters. The van der Waals surface area contributed by atoms with Crippen LogP contribution in [0.4, 0.5) is 10.6 Å². The number of amides is 1. The Morgan fingerprint density at radius 1 is 1.23 bits per heavy atom. The summed E-state index contributed by atoms with van der Waals surface area (Å²) < 4.78 is 13.4. The number of rotatable bonds is 3. The van der Waals surface area contributed by atoms with E-state index in [0.29, 0.717) is 35.5 Å². The summed E-state index contributed by atoms with van der Waals surface area (Å²) in [4.78, 5) is 23.0. The molecule has 1 aromatic carbocycles. The monoisotopic (exact) mass is 443 g/mol. The van der Waals surface area contributed by atoms with Crippen molar-refractivity contribution < 1.29 is 14.3 Å². The molecule has 8 nitrogen and oxygen atoms in total. The third-order valence-corrected chi connectivity index (χ3v) is 5.53. The number of aromatic nitrogens is 3. The number of fused-ring (bicyclic) bond motifs is 1. The number of hydrogen-bond acceptors (Lipinski definition) is 6. The quantitative estimate of drug-likeness (QED) is 0.639. The van der Waals surface area contributed by atoms with E-state index < -0.39 is 5.60 Å². The predicted octanol–water partition coefficient (Wildman–Crippen LogP) is 4.52. The molecule has 1 saturated heterocycles. The maximum absolute atomic E-state index is 12.6. The SMILES string of the molecule is COc1c(-c2ccc(Cl)cc2)c2c(N)ncnc2n1[C@@H]1CCN(C(=O)OC(C)(C)C)C1. The Hall–Kier alpha value is -3.00. The first-order chi connectivity index (χ1) is 14.7. The highest BCUT2D eigenvalue weighted by molar-refractivity contribution is 6.30. The minimum absolute atomic E-state index is 0.0414. The topological polar surface area (TPSA) is 95.5 Å². The second-order valence-electron chi connectivity index (χ2n) is 8.59. The van der Waals surface area contributed by atoms with Crippen molar-refractivity contribution in [3.8, 4) is 17.0 Å². The van der Waals surface area contributed by atoms with Crippen LogP contribution in [0.5, 0.6) is 5.88 Å². The van der Waals surface area contributed by atoms with Gasteiger partial charge < -0.3 is 20.1 Å². The van der Waals surface area contributed by atoms with Crippen LogP contribution in [-0.4, -0.2) is 51.3 Å². The average Bonchev–Trinajstić information content (AvgIpc) is 3.30. The standard InChI is InChI=1S/C22H26ClN5O3/c1-22(2,3)31-21(29)27-10-9-15(11-27)28-19-17(18(24)25-12-26-19)16(20(28)30-4)13-5-7-14(23)8-6-13/h5-8,12,15H,9-11H2,1-4H3,(H2,24,25,26)/t15-/m1/s1. The lowest BCUT2D eigenvalue weighted by Gasteiger charge is -2.24. The highest BCUT2D eigenvalue weighted by atomic mass is 35.5. The Labute approximate surface area is 185 Å². The van der Waals surface area contributed by atoms with Crippen molar-refractivity contribution in [2.75, 3.05) is 25.9 Å². The Morgan fingerprint density at radius 2 is 1.94 bits per heavy atom. The first-order valence-corrected chi connectivity index (χ1v) is 10.5. The Bertz CT molecular complexity index is 1120. The van der Waals surface area contributed by atoms with Gasteiger partial charge in [0.2, 0.25) is 5.88 Å². The Kier molecular flexibility index (Phi) is 5.43. The molecule has 2 aromatic heterocycles. The third-order valence-electron chi connectivity index (χ3n) is 5.27. The zero-order chi connectivity index (χ0) is 22.3. The van der Waals surface area contributed by atoms with Crippen LogP contribution in [0.3, 0.4) is 0 Å². The Morgan fingerprint density at radius 3 is 2.58 bits per heavy atom. The number of halogens is 1. The molecular weight excluding hydrogens is 418 g/mol. The van der Waals surface area contributed by atoms with Gasteiger partial charge in [-0.15, -0.1) is 0 Å². The molecule has 3 aromatic rings. The van der Waals surface area contributed by atoms with Gasteiger partial charge in [0, 0.05) is 18.1 Å². The summed E-state index contributed by atoms with van der Waals surface area (Å²) in [6.07, 6.45) is 1.86. The van der Waals surface area contributed by atoms with E-state index >= 15 is 0 Å². The highest BCUT2D eigenvalue weighted by Gasteiger charge is 2.35. The molecule has 0 radical (unpaired) electrons. The van der Waals surface area contributed by atoms with Gasteiger partial charge in [-0.3, -0.25) is 4.57 Å². The van der Waals surface area contributed by atoms with E-state index in [1.54, 1.807) is 12.0 Å². The van der Waals surface area contributed by atoms with Gasteiger partial charge in [0.05, 0.1) is 24.1 Å². The third kappa shape index (κ3) is 3.99. The smallest absolute Gasteiger partial charge is 0.410 e. The zero-order valence-corrected chi connectivity index (χ0v) is 18.8. The molecule has 9 heteroatoms. The maximum Gasteiger partial charge on any atom is 0.410 e. The normalized spacial score (nSPS) is 16.7. The van der Waals surface area contributed by atoms with E-state index in [2.05, 4.69) is 9.97 Å². The van der Waals surface area contributed by atoms with Crippen LogP contribution in [0.1, 0.15) is 33.2 Å². The molecule has 1 amide bonds. The lowest BCUT2D eigenvalue weighted by Crippen LogP contribution is -2.35. The molecule has 164 valence electrons. The summed E-state index contributed by atoms with van der Waals surface area (Å²) in [6.45, 7) is 6.65. The van der Waals surface area contributed by atoms with Gasteiger partial charge in [-0.25, -0.2) is 14.8 Å². The second-order valence-corrected chi connectivity index (χ2v) is 9.02.